The lowest BCUT2D eigenvalue weighted by molar-refractivity contribution is -0.133. The molecule has 0 bridgehead atoms. The number of likely N-dealkylation sites (tertiary alicyclic amines) is 1. The molecule has 2 aliphatic heterocycles. The highest BCUT2D eigenvalue weighted by Gasteiger charge is 2.24. The Bertz CT molecular complexity index is 685. The maximum absolute atomic E-state index is 13.0. The molecule has 6 heteroatoms. The van der Waals surface area contributed by atoms with Gasteiger partial charge in [0, 0.05) is 39.3 Å². The molecule has 6 nitrogen and oxygen atoms in total. The molecular formula is C24H38N4O2. The number of hydrogen-bond donors (Lipinski definition) is 0. The molecule has 0 radical (unpaired) electrons. The molecule has 166 valence electrons. The largest absolute Gasteiger partial charge is 0.342 e. The molecule has 3 rings (SSSR count). The van der Waals surface area contributed by atoms with Crippen molar-refractivity contribution < 1.29 is 9.59 Å². The molecule has 0 aliphatic carbocycles. The number of nitrogens with zero attached hydrogens (tertiary/aromatic N) is 4. The minimum Gasteiger partial charge on any atom is -0.342 e. The Labute approximate surface area is 181 Å². The van der Waals surface area contributed by atoms with Crippen LogP contribution in [0.1, 0.15) is 43.7 Å². The molecule has 2 heterocycles. The van der Waals surface area contributed by atoms with Crippen molar-refractivity contribution in [1.29, 1.82) is 0 Å². The highest BCUT2D eigenvalue weighted by molar-refractivity contribution is 5.79. The quantitative estimate of drug-likeness (QED) is 0.655. The van der Waals surface area contributed by atoms with Crippen LogP contribution in [0.2, 0.25) is 0 Å². The number of aryl methyl sites for hydroxylation is 1. The summed E-state index contributed by atoms with van der Waals surface area (Å²) < 4.78 is 0. The Morgan fingerprint density at radius 1 is 0.867 bits per heavy atom. The molecule has 1 aromatic rings. The van der Waals surface area contributed by atoms with E-state index in [1.807, 2.05) is 9.80 Å². The Balaban J connectivity index is 1.48. The van der Waals surface area contributed by atoms with E-state index >= 15 is 0 Å². The zero-order valence-electron chi connectivity index (χ0n) is 18.8. The standard InChI is InChI=1S/C24H38N4O2/c1-3-11-28(18-22-9-7-21(2)8-10-22)24(30)20-26-13-6-12-25(16-17-26)19-23(29)27-14-4-5-15-27/h7-10H,3-6,11-20H2,1-2H3. The summed E-state index contributed by atoms with van der Waals surface area (Å²) >= 11 is 0. The Hall–Kier alpha value is -1.92. The van der Waals surface area contributed by atoms with Gasteiger partial charge < -0.3 is 9.80 Å². The van der Waals surface area contributed by atoms with Crippen molar-refractivity contribution in [2.45, 2.75) is 46.1 Å². The van der Waals surface area contributed by atoms with Crippen LogP contribution in [0.3, 0.4) is 0 Å². The van der Waals surface area contributed by atoms with Crippen LogP contribution in [-0.2, 0) is 16.1 Å². The van der Waals surface area contributed by atoms with E-state index < -0.39 is 0 Å². The molecule has 0 saturated carbocycles. The van der Waals surface area contributed by atoms with Crippen LogP contribution in [-0.4, -0.2) is 90.3 Å². The van der Waals surface area contributed by atoms with Crippen LogP contribution < -0.4 is 0 Å². The number of hydrogen-bond acceptors (Lipinski definition) is 4. The van der Waals surface area contributed by atoms with Crippen LogP contribution in [0.4, 0.5) is 0 Å². The SMILES string of the molecule is CCCN(Cc1ccc(C)cc1)C(=O)CN1CCCN(CC(=O)N2CCCC2)CC1. The number of carbonyl (C=O) groups is 2. The lowest BCUT2D eigenvalue weighted by Gasteiger charge is -2.27. The van der Waals surface area contributed by atoms with Gasteiger partial charge in [0.2, 0.25) is 11.8 Å². The molecule has 0 unspecified atom stereocenters. The van der Waals surface area contributed by atoms with Crippen LogP contribution in [0, 0.1) is 6.92 Å². The maximum Gasteiger partial charge on any atom is 0.237 e. The van der Waals surface area contributed by atoms with E-state index in [0.29, 0.717) is 19.6 Å². The molecule has 30 heavy (non-hydrogen) atoms. The third-order valence-electron chi connectivity index (χ3n) is 6.20. The van der Waals surface area contributed by atoms with Crippen molar-refractivity contribution in [3.8, 4) is 0 Å². The summed E-state index contributed by atoms with van der Waals surface area (Å²) in [6.07, 6.45) is 4.24. The summed E-state index contributed by atoms with van der Waals surface area (Å²) in [6, 6.07) is 8.45. The monoisotopic (exact) mass is 414 g/mol. The number of carbonyl (C=O) groups excluding carboxylic acids is 2. The van der Waals surface area contributed by atoms with Crippen molar-refractivity contribution in [3.63, 3.8) is 0 Å². The molecular weight excluding hydrogens is 376 g/mol. The van der Waals surface area contributed by atoms with Gasteiger partial charge >= 0.3 is 0 Å². The van der Waals surface area contributed by atoms with Gasteiger partial charge in [-0.1, -0.05) is 36.8 Å². The molecule has 2 saturated heterocycles. The van der Waals surface area contributed by atoms with Gasteiger partial charge in [0.1, 0.15) is 0 Å². The summed E-state index contributed by atoms with van der Waals surface area (Å²) in [5.74, 6) is 0.475. The van der Waals surface area contributed by atoms with E-state index in [1.54, 1.807) is 0 Å². The zero-order chi connectivity index (χ0) is 21.3. The lowest BCUT2D eigenvalue weighted by atomic mass is 10.1. The van der Waals surface area contributed by atoms with Crippen molar-refractivity contribution in [1.82, 2.24) is 19.6 Å². The fourth-order valence-electron chi connectivity index (χ4n) is 4.37. The van der Waals surface area contributed by atoms with Gasteiger partial charge in [0.05, 0.1) is 13.1 Å². The highest BCUT2D eigenvalue weighted by Crippen LogP contribution is 2.11. The Morgan fingerprint density at radius 2 is 1.50 bits per heavy atom. The summed E-state index contributed by atoms with van der Waals surface area (Å²) in [5.41, 5.74) is 2.43. The first-order valence-corrected chi connectivity index (χ1v) is 11.6. The molecule has 2 fully saturated rings. The van der Waals surface area contributed by atoms with Gasteiger partial charge in [0.25, 0.3) is 0 Å². The van der Waals surface area contributed by atoms with Gasteiger partial charge in [-0.15, -0.1) is 0 Å². The number of benzene rings is 1. The topological polar surface area (TPSA) is 47.1 Å². The highest BCUT2D eigenvalue weighted by atomic mass is 16.2. The minimum atomic E-state index is 0.207. The van der Waals surface area contributed by atoms with Gasteiger partial charge in [-0.25, -0.2) is 0 Å². The third-order valence-corrected chi connectivity index (χ3v) is 6.20. The fraction of sp³-hybridized carbons (Fsp3) is 0.667. The molecule has 2 aliphatic rings. The minimum absolute atomic E-state index is 0.207. The average Bonchev–Trinajstić information content (AvgIpc) is 3.19. The fourth-order valence-corrected chi connectivity index (χ4v) is 4.37. The maximum atomic E-state index is 13.0. The zero-order valence-corrected chi connectivity index (χ0v) is 18.8. The second-order valence-electron chi connectivity index (χ2n) is 8.79. The van der Waals surface area contributed by atoms with E-state index in [2.05, 4.69) is 47.9 Å². The number of rotatable bonds is 8. The lowest BCUT2D eigenvalue weighted by Crippen LogP contribution is -2.43. The van der Waals surface area contributed by atoms with Crippen molar-refractivity contribution in [3.05, 3.63) is 35.4 Å². The van der Waals surface area contributed by atoms with Gasteiger partial charge in [-0.3, -0.25) is 19.4 Å². The van der Waals surface area contributed by atoms with Crippen LogP contribution in [0.25, 0.3) is 0 Å². The second-order valence-corrected chi connectivity index (χ2v) is 8.79. The Morgan fingerprint density at radius 3 is 2.13 bits per heavy atom. The summed E-state index contributed by atoms with van der Waals surface area (Å²) in [4.78, 5) is 34.0. The van der Waals surface area contributed by atoms with E-state index in [9.17, 15) is 9.59 Å². The van der Waals surface area contributed by atoms with Crippen molar-refractivity contribution >= 4 is 11.8 Å². The molecule has 2 amide bonds. The summed E-state index contributed by atoms with van der Waals surface area (Å²) in [7, 11) is 0. The van der Waals surface area contributed by atoms with E-state index in [4.69, 9.17) is 0 Å². The van der Waals surface area contributed by atoms with E-state index in [-0.39, 0.29) is 11.8 Å². The van der Waals surface area contributed by atoms with Crippen LogP contribution >= 0.6 is 0 Å². The van der Waals surface area contributed by atoms with Gasteiger partial charge in [-0.2, -0.15) is 0 Å². The average molecular weight is 415 g/mol. The number of amides is 2. The second kappa shape index (κ2) is 11.5. The Kier molecular flexibility index (Phi) is 8.70. The summed E-state index contributed by atoms with van der Waals surface area (Å²) in [6.45, 7) is 12.1. The third kappa shape index (κ3) is 6.81. The molecule has 0 atom stereocenters. The first-order valence-electron chi connectivity index (χ1n) is 11.6. The van der Waals surface area contributed by atoms with Gasteiger partial charge in [-0.05, 0) is 51.3 Å². The van der Waals surface area contributed by atoms with Crippen molar-refractivity contribution in [2.75, 3.05) is 58.9 Å². The first kappa shape index (κ1) is 22.8. The van der Waals surface area contributed by atoms with Crippen LogP contribution in [0.15, 0.2) is 24.3 Å². The normalized spacial score (nSPS) is 18.4. The molecule has 1 aromatic carbocycles. The first-order chi connectivity index (χ1) is 14.5. The van der Waals surface area contributed by atoms with E-state index in [1.165, 1.54) is 11.1 Å². The van der Waals surface area contributed by atoms with Gasteiger partial charge in [0.15, 0.2) is 0 Å². The molecule has 0 aromatic heterocycles. The van der Waals surface area contributed by atoms with Crippen LogP contribution in [0.5, 0.6) is 0 Å². The van der Waals surface area contributed by atoms with Crippen molar-refractivity contribution in [2.24, 2.45) is 0 Å². The predicted octanol–water partition coefficient (Wildman–Crippen LogP) is 2.36. The smallest absolute Gasteiger partial charge is 0.237 e. The molecule has 0 N–H and O–H groups in total. The predicted molar refractivity (Wildman–Crippen MR) is 120 cm³/mol. The molecule has 0 spiro atoms. The summed E-state index contributed by atoms with van der Waals surface area (Å²) in [5, 5.41) is 0. The van der Waals surface area contributed by atoms with E-state index in [0.717, 1.165) is 71.5 Å².